The van der Waals surface area contributed by atoms with Gasteiger partial charge >= 0.3 is 0 Å². The van der Waals surface area contributed by atoms with Crippen LogP contribution in [0, 0.1) is 11.8 Å². The number of rotatable bonds is 3. The van der Waals surface area contributed by atoms with Gasteiger partial charge in [-0.2, -0.15) is 0 Å². The lowest BCUT2D eigenvalue weighted by atomic mass is 9.63. The Labute approximate surface area is 181 Å². The minimum atomic E-state index is -3.20. The summed E-state index contributed by atoms with van der Waals surface area (Å²) in [5, 5.41) is 1.99. The van der Waals surface area contributed by atoms with Crippen molar-refractivity contribution in [2.75, 3.05) is 19.3 Å². The standard InChI is InChI=1S/C21H22Cl3NO2S/c1-28(26,27)25-11-14-4-8-18(17-9-7-16(23)10-20(17)24)21(19(14)12-25)13-2-5-15(22)6-3-13/h2-3,5-7,9-10,14,18-19,21H,4,8,11-12H2,1H3/t14-,18-,19+,21-/m0/s1. The van der Waals surface area contributed by atoms with E-state index in [-0.39, 0.29) is 17.8 Å². The van der Waals surface area contributed by atoms with Gasteiger partial charge in [0.25, 0.3) is 0 Å². The fraction of sp³-hybridized carbons (Fsp3) is 0.429. The van der Waals surface area contributed by atoms with E-state index in [1.54, 1.807) is 10.4 Å². The molecule has 4 rings (SSSR count). The van der Waals surface area contributed by atoms with Crippen LogP contribution >= 0.6 is 34.8 Å². The maximum atomic E-state index is 12.2. The van der Waals surface area contributed by atoms with Crippen molar-refractivity contribution in [2.45, 2.75) is 24.7 Å². The molecule has 0 aromatic heterocycles. The van der Waals surface area contributed by atoms with Gasteiger partial charge in [0.15, 0.2) is 0 Å². The van der Waals surface area contributed by atoms with Crippen molar-refractivity contribution in [1.29, 1.82) is 0 Å². The summed E-state index contributed by atoms with van der Waals surface area (Å²) in [7, 11) is -3.20. The monoisotopic (exact) mass is 457 g/mol. The number of hydrogen-bond donors (Lipinski definition) is 0. The zero-order valence-electron chi connectivity index (χ0n) is 15.5. The maximum Gasteiger partial charge on any atom is 0.211 e. The molecule has 0 amide bonds. The molecule has 1 aliphatic carbocycles. The van der Waals surface area contributed by atoms with Gasteiger partial charge in [-0.3, -0.25) is 0 Å². The summed E-state index contributed by atoms with van der Waals surface area (Å²) in [5.74, 6) is 1.01. The van der Waals surface area contributed by atoms with Crippen molar-refractivity contribution in [1.82, 2.24) is 4.31 Å². The molecule has 1 saturated heterocycles. The second-order valence-corrected chi connectivity index (χ2v) is 11.2. The van der Waals surface area contributed by atoms with Crippen molar-refractivity contribution < 1.29 is 8.42 Å². The van der Waals surface area contributed by atoms with Crippen LogP contribution in [0.4, 0.5) is 0 Å². The normalized spacial score (nSPS) is 28.3. The van der Waals surface area contributed by atoms with Crippen LogP contribution in [0.25, 0.3) is 0 Å². The lowest BCUT2D eigenvalue weighted by molar-refractivity contribution is 0.228. The highest BCUT2D eigenvalue weighted by Gasteiger charge is 2.47. The zero-order valence-corrected chi connectivity index (χ0v) is 18.6. The molecule has 2 aliphatic rings. The Balaban J connectivity index is 1.77. The molecular weight excluding hydrogens is 437 g/mol. The van der Waals surface area contributed by atoms with Gasteiger partial charge in [0, 0.05) is 28.2 Å². The lowest BCUT2D eigenvalue weighted by Gasteiger charge is -2.40. The third-order valence-corrected chi connectivity index (χ3v) is 8.34. The second kappa shape index (κ2) is 7.81. The third kappa shape index (κ3) is 3.95. The number of benzene rings is 2. The first kappa shape index (κ1) is 20.5. The average Bonchev–Trinajstić information content (AvgIpc) is 3.07. The summed E-state index contributed by atoms with van der Waals surface area (Å²) in [5.41, 5.74) is 2.27. The number of sulfonamides is 1. The molecule has 1 saturated carbocycles. The van der Waals surface area contributed by atoms with E-state index in [0.29, 0.717) is 34.1 Å². The van der Waals surface area contributed by atoms with Gasteiger partial charge in [0.2, 0.25) is 10.0 Å². The van der Waals surface area contributed by atoms with Gasteiger partial charge in [0.05, 0.1) is 6.26 Å². The molecule has 0 radical (unpaired) electrons. The molecule has 0 unspecified atom stereocenters. The summed E-state index contributed by atoms with van der Waals surface area (Å²) >= 11 is 18.8. The Kier molecular flexibility index (Phi) is 5.71. The minimum absolute atomic E-state index is 0.182. The molecule has 7 heteroatoms. The predicted octanol–water partition coefficient (Wildman–Crippen LogP) is 5.82. The molecule has 150 valence electrons. The van der Waals surface area contributed by atoms with E-state index in [2.05, 4.69) is 12.1 Å². The van der Waals surface area contributed by atoms with Gasteiger partial charge in [-0.1, -0.05) is 53.0 Å². The van der Waals surface area contributed by atoms with E-state index < -0.39 is 10.0 Å². The molecule has 3 nitrogen and oxygen atoms in total. The highest BCUT2D eigenvalue weighted by molar-refractivity contribution is 7.88. The van der Waals surface area contributed by atoms with E-state index in [1.165, 1.54) is 11.8 Å². The SMILES string of the molecule is CS(=O)(=O)N1C[C@@H]2CC[C@@H](c3ccc(Cl)cc3Cl)[C@H](c3ccc(Cl)cc3)[C@@H]2C1. The Morgan fingerprint density at radius 2 is 1.61 bits per heavy atom. The molecule has 28 heavy (non-hydrogen) atoms. The maximum absolute atomic E-state index is 12.2. The van der Waals surface area contributed by atoms with Crippen molar-refractivity contribution in [3.05, 3.63) is 68.7 Å². The molecular formula is C21H22Cl3NO2S. The summed E-state index contributed by atoms with van der Waals surface area (Å²) in [6.45, 7) is 1.16. The van der Waals surface area contributed by atoms with Crippen LogP contribution in [0.3, 0.4) is 0 Å². The fourth-order valence-electron chi connectivity index (χ4n) is 5.03. The first-order chi connectivity index (χ1) is 13.2. The Morgan fingerprint density at radius 3 is 2.25 bits per heavy atom. The van der Waals surface area contributed by atoms with Gasteiger partial charge in [-0.05, 0) is 71.9 Å². The van der Waals surface area contributed by atoms with Crippen LogP contribution in [0.5, 0.6) is 0 Å². The largest absolute Gasteiger partial charge is 0.213 e. The van der Waals surface area contributed by atoms with Crippen LogP contribution in [-0.4, -0.2) is 32.1 Å². The van der Waals surface area contributed by atoms with E-state index in [1.807, 2.05) is 24.3 Å². The molecule has 1 aliphatic heterocycles. The molecule has 0 bridgehead atoms. The topological polar surface area (TPSA) is 37.4 Å². The molecule has 0 spiro atoms. The van der Waals surface area contributed by atoms with Crippen LogP contribution in [0.15, 0.2) is 42.5 Å². The third-order valence-electron chi connectivity index (χ3n) is 6.29. The van der Waals surface area contributed by atoms with Gasteiger partial charge in [0.1, 0.15) is 0 Å². The van der Waals surface area contributed by atoms with Crippen molar-refractivity contribution in [3.63, 3.8) is 0 Å². The molecule has 1 heterocycles. The van der Waals surface area contributed by atoms with E-state index in [0.717, 1.165) is 18.4 Å². The van der Waals surface area contributed by atoms with Crippen molar-refractivity contribution >= 4 is 44.8 Å². The van der Waals surface area contributed by atoms with Crippen LogP contribution in [0.1, 0.15) is 35.8 Å². The number of nitrogens with zero attached hydrogens (tertiary/aromatic N) is 1. The summed E-state index contributed by atoms with van der Waals surface area (Å²) in [6, 6.07) is 13.6. The smallest absolute Gasteiger partial charge is 0.211 e. The molecule has 2 aromatic carbocycles. The van der Waals surface area contributed by atoms with E-state index in [9.17, 15) is 8.42 Å². The second-order valence-electron chi connectivity index (χ2n) is 7.93. The zero-order chi connectivity index (χ0) is 20.1. The van der Waals surface area contributed by atoms with Gasteiger partial charge in [-0.25, -0.2) is 12.7 Å². The van der Waals surface area contributed by atoms with Crippen molar-refractivity contribution in [2.24, 2.45) is 11.8 Å². The number of fused-ring (bicyclic) bond motifs is 1. The average molecular weight is 459 g/mol. The predicted molar refractivity (Wildman–Crippen MR) is 116 cm³/mol. The summed E-state index contributed by atoms with van der Waals surface area (Å²) in [4.78, 5) is 0. The van der Waals surface area contributed by atoms with Gasteiger partial charge in [-0.15, -0.1) is 0 Å². The summed E-state index contributed by atoms with van der Waals surface area (Å²) < 4.78 is 26.0. The van der Waals surface area contributed by atoms with Crippen LogP contribution in [0.2, 0.25) is 15.1 Å². The minimum Gasteiger partial charge on any atom is -0.213 e. The molecule has 4 atom stereocenters. The molecule has 0 N–H and O–H groups in total. The first-order valence-corrected chi connectivity index (χ1v) is 12.4. The first-order valence-electron chi connectivity index (χ1n) is 9.39. The van der Waals surface area contributed by atoms with Crippen LogP contribution in [-0.2, 0) is 10.0 Å². The van der Waals surface area contributed by atoms with E-state index >= 15 is 0 Å². The van der Waals surface area contributed by atoms with Crippen LogP contribution < -0.4 is 0 Å². The lowest BCUT2D eigenvalue weighted by Crippen LogP contribution is -2.32. The fourth-order valence-corrected chi connectivity index (χ4v) is 6.61. The number of hydrogen-bond acceptors (Lipinski definition) is 2. The highest BCUT2D eigenvalue weighted by atomic mass is 35.5. The quantitative estimate of drug-likeness (QED) is 0.581. The summed E-state index contributed by atoms with van der Waals surface area (Å²) in [6.07, 6.45) is 3.26. The molecule has 2 aromatic rings. The molecule has 2 fully saturated rings. The highest BCUT2D eigenvalue weighted by Crippen LogP contribution is 2.53. The van der Waals surface area contributed by atoms with Gasteiger partial charge < -0.3 is 0 Å². The Hall–Kier alpha value is -0.780. The van der Waals surface area contributed by atoms with E-state index in [4.69, 9.17) is 34.8 Å². The van der Waals surface area contributed by atoms with Crippen molar-refractivity contribution in [3.8, 4) is 0 Å². The number of halogens is 3. The Morgan fingerprint density at radius 1 is 0.929 bits per heavy atom. The Bertz CT molecular complexity index is 978.